The zero-order chi connectivity index (χ0) is 22.5. The molecule has 3 aromatic rings. The zero-order valence-corrected chi connectivity index (χ0v) is 18.9. The van der Waals surface area contributed by atoms with E-state index in [-0.39, 0.29) is 5.91 Å². The molecule has 6 nitrogen and oxygen atoms in total. The van der Waals surface area contributed by atoms with Gasteiger partial charge in [-0.1, -0.05) is 12.1 Å². The van der Waals surface area contributed by atoms with Crippen LogP contribution in [0.15, 0.2) is 48.5 Å². The smallest absolute Gasteiger partial charge is 0.248 e. The van der Waals surface area contributed by atoms with Gasteiger partial charge in [0.05, 0.1) is 19.7 Å². The average Bonchev–Trinajstić information content (AvgIpc) is 2.83. The molecule has 166 valence electrons. The van der Waals surface area contributed by atoms with Gasteiger partial charge < -0.3 is 19.7 Å². The van der Waals surface area contributed by atoms with E-state index in [1.165, 1.54) is 25.3 Å². The van der Waals surface area contributed by atoms with Gasteiger partial charge in [-0.05, 0) is 68.2 Å². The number of nitrogens with zero attached hydrogens (tertiary/aromatic N) is 2. The van der Waals surface area contributed by atoms with Gasteiger partial charge in [-0.3, -0.25) is 4.79 Å². The highest BCUT2D eigenvalue weighted by Crippen LogP contribution is 2.31. The van der Waals surface area contributed by atoms with Gasteiger partial charge in [-0.15, -0.1) is 0 Å². The third-order valence-corrected chi connectivity index (χ3v) is 5.80. The van der Waals surface area contributed by atoms with Gasteiger partial charge >= 0.3 is 0 Å². The van der Waals surface area contributed by atoms with Crippen molar-refractivity contribution in [3.63, 3.8) is 0 Å². The largest absolute Gasteiger partial charge is 0.493 e. The second-order valence-corrected chi connectivity index (χ2v) is 7.98. The van der Waals surface area contributed by atoms with E-state index in [1.54, 1.807) is 20.3 Å². The van der Waals surface area contributed by atoms with Gasteiger partial charge in [-0.25, -0.2) is 4.98 Å². The number of aryl methyl sites for hydroxylation is 1. The zero-order valence-electron chi connectivity index (χ0n) is 18.9. The number of piperidine rings is 1. The first-order valence-electron chi connectivity index (χ1n) is 11.0. The number of carbonyl (C=O) groups excluding carboxylic acids is 1. The molecule has 1 amide bonds. The van der Waals surface area contributed by atoms with Crippen molar-refractivity contribution < 1.29 is 14.3 Å². The summed E-state index contributed by atoms with van der Waals surface area (Å²) in [4.78, 5) is 19.8. The highest BCUT2D eigenvalue weighted by Gasteiger charge is 2.14. The summed E-state index contributed by atoms with van der Waals surface area (Å²) in [7, 11) is 3.17. The highest BCUT2D eigenvalue weighted by molar-refractivity contribution is 6.03. The van der Waals surface area contributed by atoms with Gasteiger partial charge in [0.2, 0.25) is 5.91 Å². The number of carbonyl (C=O) groups is 1. The molecule has 1 saturated heterocycles. The summed E-state index contributed by atoms with van der Waals surface area (Å²) in [5.74, 6) is 2.04. The minimum Gasteiger partial charge on any atom is -0.493 e. The Kier molecular flexibility index (Phi) is 6.59. The van der Waals surface area contributed by atoms with E-state index in [0.29, 0.717) is 11.5 Å². The van der Waals surface area contributed by atoms with Crippen LogP contribution in [0.2, 0.25) is 0 Å². The molecule has 32 heavy (non-hydrogen) atoms. The summed E-state index contributed by atoms with van der Waals surface area (Å²) in [5.41, 5.74) is 3.61. The Balaban J connectivity index is 1.51. The second kappa shape index (κ2) is 9.73. The van der Waals surface area contributed by atoms with Crippen molar-refractivity contribution in [3.05, 3.63) is 59.7 Å². The van der Waals surface area contributed by atoms with Crippen molar-refractivity contribution in [2.75, 3.05) is 37.5 Å². The minimum atomic E-state index is -0.218. The lowest BCUT2D eigenvalue weighted by atomic mass is 10.1. The predicted molar refractivity (Wildman–Crippen MR) is 130 cm³/mol. The Morgan fingerprint density at radius 2 is 1.88 bits per heavy atom. The van der Waals surface area contributed by atoms with Crippen LogP contribution in [0.25, 0.3) is 17.0 Å². The maximum Gasteiger partial charge on any atom is 0.248 e. The number of amides is 1. The molecule has 4 rings (SSSR count). The van der Waals surface area contributed by atoms with E-state index in [1.807, 2.05) is 36.4 Å². The third kappa shape index (κ3) is 4.69. The molecule has 1 fully saturated rings. The number of hydrogen-bond acceptors (Lipinski definition) is 5. The van der Waals surface area contributed by atoms with Crippen LogP contribution in [0.5, 0.6) is 11.5 Å². The number of fused-ring (bicyclic) bond motifs is 1. The molecular formula is C26H29N3O3. The molecule has 1 aliphatic heterocycles. The molecule has 0 unspecified atom stereocenters. The van der Waals surface area contributed by atoms with Crippen LogP contribution >= 0.6 is 0 Å². The van der Waals surface area contributed by atoms with Crippen LogP contribution in [-0.4, -0.2) is 38.2 Å². The lowest BCUT2D eigenvalue weighted by Gasteiger charge is -2.28. The molecule has 0 saturated carbocycles. The van der Waals surface area contributed by atoms with E-state index in [2.05, 4.69) is 23.2 Å². The molecule has 0 aliphatic carbocycles. The van der Waals surface area contributed by atoms with E-state index in [4.69, 9.17) is 14.5 Å². The van der Waals surface area contributed by atoms with Crippen LogP contribution in [0.1, 0.15) is 30.4 Å². The van der Waals surface area contributed by atoms with Gasteiger partial charge in [-0.2, -0.15) is 0 Å². The highest BCUT2D eigenvalue weighted by atomic mass is 16.5. The monoisotopic (exact) mass is 431 g/mol. The van der Waals surface area contributed by atoms with Crippen molar-refractivity contribution in [1.29, 1.82) is 0 Å². The topological polar surface area (TPSA) is 63.7 Å². The fraction of sp³-hybridized carbons (Fsp3) is 0.308. The lowest BCUT2D eigenvalue weighted by molar-refractivity contribution is -0.111. The van der Waals surface area contributed by atoms with Crippen LogP contribution in [0, 0.1) is 6.92 Å². The maximum absolute atomic E-state index is 12.5. The number of rotatable bonds is 6. The quantitative estimate of drug-likeness (QED) is 0.543. The van der Waals surface area contributed by atoms with E-state index >= 15 is 0 Å². The van der Waals surface area contributed by atoms with Crippen LogP contribution in [0.3, 0.4) is 0 Å². The van der Waals surface area contributed by atoms with Gasteiger partial charge in [0.25, 0.3) is 0 Å². The molecule has 1 aliphatic rings. The number of hydrogen-bond donors (Lipinski definition) is 1. The molecule has 0 radical (unpaired) electrons. The van der Waals surface area contributed by atoms with Crippen molar-refractivity contribution in [1.82, 2.24) is 4.98 Å². The molecule has 1 aromatic heterocycles. The van der Waals surface area contributed by atoms with Gasteiger partial charge in [0.15, 0.2) is 11.5 Å². The first kappa shape index (κ1) is 21.7. The number of anilines is 2. The minimum absolute atomic E-state index is 0.218. The summed E-state index contributed by atoms with van der Waals surface area (Å²) < 4.78 is 10.7. The number of benzene rings is 2. The summed E-state index contributed by atoms with van der Waals surface area (Å²) in [5, 5.41) is 3.98. The number of aromatic nitrogens is 1. The summed E-state index contributed by atoms with van der Waals surface area (Å²) in [6.45, 7) is 4.23. The van der Waals surface area contributed by atoms with E-state index < -0.39 is 0 Å². The number of para-hydroxylation sites is 1. The van der Waals surface area contributed by atoms with Gasteiger partial charge in [0.1, 0.15) is 5.82 Å². The Labute approximate surface area is 188 Å². The first-order valence-corrected chi connectivity index (χ1v) is 11.0. The molecule has 0 spiro atoms. The molecular weight excluding hydrogens is 402 g/mol. The number of nitrogens with one attached hydrogen (secondary N) is 1. The fourth-order valence-electron chi connectivity index (χ4n) is 4.13. The second-order valence-electron chi connectivity index (χ2n) is 7.98. The van der Waals surface area contributed by atoms with Crippen LogP contribution < -0.4 is 19.7 Å². The predicted octanol–water partition coefficient (Wildman–Crippen LogP) is 5.20. The van der Waals surface area contributed by atoms with E-state index in [0.717, 1.165) is 46.6 Å². The Bertz CT molecular complexity index is 1150. The normalized spacial score (nSPS) is 14.0. The fourth-order valence-corrected chi connectivity index (χ4v) is 4.13. The van der Waals surface area contributed by atoms with Crippen molar-refractivity contribution >= 4 is 34.4 Å². The molecule has 2 heterocycles. The lowest BCUT2D eigenvalue weighted by Crippen LogP contribution is -2.30. The summed E-state index contributed by atoms with van der Waals surface area (Å²) >= 11 is 0. The average molecular weight is 432 g/mol. The van der Waals surface area contributed by atoms with E-state index in [9.17, 15) is 4.79 Å². The summed E-state index contributed by atoms with van der Waals surface area (Å²) in [6, 6.07) is 13.5. The Morgan fingerprint density at radius 3 is 2.62 bits per heavy atom. The number of methoxy groups -OCH3 is 2. The number of ether oxygens (including phenoxy) is 2. The third-order valence-electron chi connectivity index (χ3n) is 5.80. The molecule has 6 heteroatoms. The number of pyridine rings is 1. The standard InChI is InChI=1S/C26H29N3O3/c1-18-16-24(29-14-5-4-6-15-29)28-22-12-11-20(17-21(18)22)27-25(30)13-10-19-8-7-9-23(31-2)26(19)32-3/h7-13,16-17H,4-6,14-15H2,1-3H3,(H,27,30). The first-order chi connectivity index (χ1) is 15.6. The van der Waals surface area contributed by atoms with Gasteiger partial charge in [0, 0.05) is 35.8 Å². The molecule has 0 bridgehead atoms. The molecule has 2 aromatic carbocycles. The Hall–Kier alpha value is -3.54. The van der Waals surface area contributed by atoms with Crippen LogP contribution in [-0.2, 0) is 4.79 Å². The van der Waals surface area contributed by atoms with Crippen molar-refractivity contribution in [3.8, 4) is 11.5 Å². The maximum atomic E-state index is 12.5. The van der Waals surface area contributed by atoms with Crippen LogP contribution in [0.4, 0.5) is 11.5 Å². The molecule has 1 N–H and O–H groups in total. The van der Waals surface area contributed by atoms with Crippen molar-refractivity contribution in [2.45, 2.75) is 26.2 Å². The molecule has 0 atom stereocenters. The Morgan fingerprint density at radius 1 is 1.06 bits per heavy atom. The van der Waals surface area contributed by atoms with Crippen molar-refractivity contribution in [2.24, 2.45) is 0 Å². The summed E-state index contributed by atoms with van der Waals surface area (Å²) in [6.07, 6.45) is 6.95. The SMILES string of the molecule is COc1cccc(C=CC(=O)Nc2ccc3nc(N4CCCCC4)cc(C)c3c2)c1OC.